The van der Waals surface area contributed by atoms with Gasteiger partial charge in [0.2, 0.25) is 0 Å². The van der Waals surface area contributed by atoms with E-state index in [1.807, 2.05) is 12.1 Å². The second-order valence-corrected chi connectivity index (χ2v) is 5.76. The van der Waals surface area contributed by atoms with Crippen molar-refractivity contribution in [2.24, 2.45) is 5.92 Å². The van der Waals surface area contributed by atoms with Crippen LogP contribution in [0.4, 0.5) is 0 Å². The van der Waals surface area contributed by atoms with Crippen LogP contribution in [-0.4, -0.2) is 31.6 Å². The molecule has 0 fully saturated rings. The molecule has 1 rings (SSSR count). The summed E-state index contributed by atoms with van der Waals surface area (Å²) in [6.45, 7) is 6.34. The Balaban J connectivity index is 2.43. The smallest absolute Gasteiger partial charge is 0.164 e. The van der Waals surface area contributed by atoms with Crippen molar-refractivity contribution in [1.29, 1.82) is 0 Å². The first-order valence-electron chi connectivity index (χ1n) is 5.61. The quantitative estimate of drug-likeness (QED) is 0.810. The second kappa shape index (κ2) is 6.61. The van der Waals surface area contributed by atoms with Gasteiger partial charge in [0.1, 0.15) is 5.76 Å². The van der Waals surface area contributed by atoms with Crippen molar-refractivity contribution in [3.63, 3.8) is 0 Å². The lowest BCUT2D eigenvalue weighted by Gasteiger charge is -2.25. The Hall–Kier alpha value is -0.0700. The van der Waals surface area contributed by atoms with Crippen molar-refractivity contribution < 1.29 is 4.42 Å². The average Bonchev–Trinajstić information content (AvgIpc) is 2.58. The lowest BCUT2D eigenvalue weighted by atomic mass is 10.0. The maximum atomic E-state index is 5.53. The first kappa shape index (κ1) is 14.0. The van der Waals surface area contributed by atoms with E-state index in [1.54, 1.807) is 0 Å². The van der Waals surface area contributed by atoms with Gasteiger partial charge in [-0.05, 0) is 54.7 Å². The molecule has 1 unspecified atom stereocenters. The van der Waals surface area contributed by atoms with Gasteiger partial charge in [-0.25, -0.2) is 0 Å². The first-order chi connectivity index (χ1) is 7.49. The number of rotatable bonds is 6. The van der Waals surface area contributed by atoms with E-state index in [-0.39, 0.29) is 0 Å². The molecule has 1 aromatic heterocycles. The SMILES string of the molecule is CC(C)C(CN(C)C)NCc1ccc(I)o1. The average molecular weight is 336 g/mol. The Morgan fingerprint density at radius 3 is 2.50 bits per heavy atom. The summed E-state index contributed by atoms with van der Waals surface area (Å²) in [5.41, 5.74) is 0. The zero-order chi connectivity index (χ0) is 12.1. The van der Waals surface area contributed by atoms with Crippen LogP contribution in [0.15, 0.2) is 16.5 Å². The summed E-state index contributed by atoms with van der Waals surface area (Å²) in [5, 5.41) is 3.54. The molecule has 0 aliphatic carbocycles. The zero-order valence-corrected chi connectivity index (χ0v) is 12.6. The molecular weight excluding hydrogens is 315 g/mol. The number of likely N-dealkylation sites (N-methyl/N-ethyl adjacent to an activating group) is 1. The predicted molar refractivity (Wildman–Crippen MR) is 75.4 cm³/mol. The number of hydrogen-bond donors (Lipinski definition) is 1. The maximum absolute atomic E-state index is 5.53. The van der Waals surface area contributed by atoms with Crippen molar-refractivity contribution in [3.05, 3.63) is 21.7 Å². The van der Waals surface area contributed by atoms with E-state index in [4.69, 9.17) is 4.42 Å². The summed E-state index contributed by atoms with van der Waals surface area (Å²) >= 11 is 2.19. The highest BCUT2D eigenvalue weighted by molar-refractivity contribution is 14.1. The van der Waals surface area contributed by atoms with E-state index >= 15 is 0 Å². The Bertz CT molecular complexity index is 310. The lowest BCUT2D eigenvalue weighted by molar-refractivity contribution is 0.281. The van der Waals surface area contributed by atoms with Crippen LogP contribution in [0.25, 0.3) is 0 Å². The molecule has 1 aromatic rings. The summed E-state index contributed by atoms with van der Waals surface area (Å²) in [7, 11) is 4.21. The fraction of sp³-hybridized carbons (Fsp3) is 0.667. The van der Waals surface area contributed by atoms with Gasteiger partial charge in [0.25, 0.3) is 0 Å². The number of hydrogen-bond acceptors (Lipinski definition) is 3. The molecular formula is C12H21IN2O. The number of furan rings is 1. The topological polar surface area (TPSA) is 28.4 Å². The Morgan fingerprint density at radius 1 is 1.38 bits per heavy atom. The Labute approximate surface area is 112 Å². The molecule has 0 saturated carbocycles. The molecule has 0 radical (unpaired) electrons. The van der Waals surface area contributed by atoms with Crippen molar-refractivity contribution in [2.45, 2.75) is 26.4 Å². The van der Waals surface area contributed by atoms with Crippen LogP contribution in [0.1, 0.15) is 19.6 Å². The van der Waals surface area contributed by atoms with Crippen molar-refractivity contribution in [3.8, 4) is 0 Å². The van der Waals surface area contributed by atoms with E-state index in [0.717, 1.165) is 22.6 Å². The third kappa shape index (κ3) is 4.84. The van der Waals surface area contributed by atoms with Gasteiger partial charge in [-0.2, -0.15) is 0 Å². The van der Waals surface area contributed by atoms with Gasteiger partial charge in [-0.15, -0.1) is 0 Å². The van der Waals surface area contributed by atoms with Crippen molar-refractivity contribution in [2.75, 3.05) is 20.6 Å². The molecule has 3 nitrogen and oxygen atoms in total. The standard InChI is InChI=1S/C12H21IN2O/c1-9(2)11(8-15(3)4)14-7-10-5-6-12(13)16-10/h5-6,9,11,14H,7-8H2,1-4H3. The number of nitrogens with zero attached hydrogens (tertiary/aromatic N) is 1. The van der Waals surface area contributed by atoms with Crippen molar-refractivity contribution >= 4 is 22.6 Å². The number of halogens is 1. The van der Waals surface area contributed by atoms with Crippen molar-refractivity contribution in [1.82, 2.24) is 10.2 Å². The molecule has 1 N–H and O–H groups in total. The van der Waals surface area contributed by atoms with Crippen LogP contribution < -0.4 is 5.32 Å². The van der Waals surface area contributed by atoms with Gasteiger partial charge in [0, 0.05) is 12.6 Å². The highest BCUT2D eigenvalue weighted by atomic mass is 127. The van der Waals surface area contributed by atoms with Gasteiger partial charge in [0.05, 0.1) is 6.54 Å². The highest BCUT2D eigenvalue weighted by Gasteiger charge is 2.14. The molecule has 1 atom stereocenters. The molecule has 1 heterocycles. The summed E-state index contributed by atoms with van der Waals surface area (Å²) in [5.74, 6) is 1.63. The van der Waals surface area contributed by atoms with E-state index in [9.17, 15) is 0 Å². The van der Waals surface area contributed by atoms with Gasteiger partial charge in [-0.3, -0.25) is 0 Å². The maximum Gasteiger partial charge on any atom is 0.164 e. The second-order valence-electron chi connectivity index (χ2n) is 4.70. The molecule has 0 spiro atoms. The third-order valence-electron chi connectivity index (χ3n) is 2.53. The summed E-state index contributed by atoms with van der Waals surface area (Å²) in [4.78, 5) is 2.21. The lowest BCUT2D eigenvalue weighted by Crippen LogP contribution is -2.41. The molecule has 0 aliphatic rings. The normalized spacial score (nSPS) is 13.7. The summed E-state index contributed by atoms with van der Waals surface area (Å²) in [6.07, 6.45) is 0. The van der Waals surface area contributed by atoms with Crippen LogP contribution >= 0.6 is 22.6 Å². The van der Waals surface area contributed by atoms with Gasteiger partial charge in [0.15, 0.2) is 3.77 Å². The molecule has 0 aromatic carbocycles. The fourth-order valence-corrected chi connectivity index (χ4v) is 2.05. The van der Waals surface area contributed by atoms with Gasteiger partial charge < -0.3 is 14.6 Å². The number of nitrogens with one attached hydrogen (secondary N) is 1. The minimum absolute atomic E-state index is 0.498. The summed E-state index contributed by atoms with van der Waals surface area (Å²) in [6, 6.07) is 4.52. The van der Waals surface area contributed by atoms with Crippen LogP contribution in [0, 0.1) is 9.68 Å². The van der Waals surface area contributed by atoms with E-state index in [0.29, 0.717) is 12.0 Å². The Morgan fingerprint density at radius 2 is 2.06 bits per heavy atom. The first-order valence-corrected chi connectivity index (χ1v) is 6.69. The van der Waals surface area contributed by atoms with E-state index in [2.05, 4.69) is 60.8 Å². The van der Waals surface area contributed by atoms with Gasteiger partial charge >= 0.3 is 0 Å². The molecule has 4 heteroatoms. The van der Waals surface area contributed by atoms with Crippen LogP contribution in [0.5, 0.6) is 0 Å². The predicted octanol–water partition coefficient (Wildman–Crippen LogP) is 2.56. The zero-order valence-electron chi connectivity index (χ0n) is 10.5. The molecule has 16 heavy (non-hydrogen) atoms. The molecule has 0 amide bonds. The summed E-state index contributed by atoms with van der Waals surface area (Å²) < 4.78 is 6.48. The minimum atomic E-state index is 0.498. The highest BCUT2D eigenvalue weighted by Crippen LogP contribution is 2.11. The van der Waals surface area contributed by atoms with Crippen LogP contribution in [0.2, 0.25) is 0 Å². The Kier molecular flexibility index (Phi) is 5.78. The monoisotopic (exact) mass is 336 g/mol. The molecule has 0 aliphatic heterocycles. The van der Waals surface area contributed by atoms with E-state index < -0.39 is 0 Å². The van der Waals surface area contributed by atoms with Crippen LogP contribution in [-0.2, 0) is 6.54 Å². The molecule has 0 bridgehead atoms. The molecule has 0 saturated heterocycles. The fourth-order valence-electron chi connectivity index (χ4n) is 1.58. The van der Waals surface area contributed by atoms with E-state index in [1.165, 1.54) is 0 Å². The largest absolute Gasteiger partial charge is 0.454 e. The third-order valence-corrected chi connectivity index (χ3v) is 3.11. The minimum Gasteiger partial charge on any atom is -0.454 e. The molecule has 92 valence electrons. The van der Waals surface area contributed by atoms with Crippen LogP contribution in [0.3, 0.4) is 0 Å². The van der Waals surface area contributed by atoms with Gasteiger partial charge in [-0.1, -0.05) is 13.8 Å².